The first-order valence-corrected chi connectivity index (χ1v) is 10.2. The molecule has 0 aromatic heterocycles. The van der Waals surface area contributed by atoms with Gasteiger partial charge in [0.15, 0.2) is 11.5 Å². The quantitative estimate of drug-likeness (QED) is 0.835. The van der Waals surface area contributed by atoms with Crippen molar-refractivity contribution in [3.05, 3.63) is 59.2 Å². The number of rotatable bonds is 5. The molecule has 1 fully saturated rings. The van der Waals surface area contributed by atoms with Crippen LogP contribution >= 0.6 is 0 Å². The SMILES string of the molecule is Cc1ccc(C(C)(C)C(=O)NCC2(c3ccc4c(c3)OCO4)CCOCC2)cc1. The van der Waals surface area contributed by atoms with E-state index in [0.717, 1.165) is 29.9 Å². The van der Waals surface area contributed by atoms with Crippen molar-refractivity contribution in [2.75, 3.05) is 26.6 Å². The molecule has 2 aliphatic heterocycles. The molecular weight excluding hydrogens is 366 g/mol. The molecule has 0 aliphatic carbocycles. The Hall–Kier alpha value is -2.53. The van der Waals surface area contributed by atoms with Crippen LogP contribution in [0.5, 0.6) is 11.5 Å². The van der Waals surface area contributed by atoms with Gasteiger partial charge in [0.2, 0.25) is 12.7 Å². The summed E-state index contributed by atoms with van der Waals surface area (Å²) in [7, 11) is 0. The van der Waals surface area contributed by atoms with Crippen molar-refractivity contribution >= 4 is 5.91 Å². The molecule has 0 saturated carbocycles. The highest BCUT2D eigenvalue weighted by Crippen LogP contribution is 2.40. The molecule has 2 aromatic rings. The second-order valence-corrected chi connectivity index (χ2v) is 8.63. The van der Waals surface area contributed by atoms with Gasteiger partial charge in [0.25, 0.3) is 0 Å². The number of fused-ring (bicyclic) bond motifs is 1. The van der Waals surface area contributed by atoms with Gasteiger partial charge in [-0.15, -0.1) is 0 Å². The molecule has 0 bridgehead atoms. The summed E-state index contributed by atoms with van der Waals surface area (Å²) in [5.74, 6) is 1.59. The van der Waals surface area contributed by atoms with Crippen molar-refractivity contribution in [3.63, 3.8) is 0 Å². The van der Waals surface area contributed by atoms with Crippen LogP contribution in [0.25, 0.3) is 0 Å². The molecule has 0 radical (unpaired) electrons. The third-order valence-electron chi connectivity index (χ3n) is 6.36. The average Bonchev–Trinajstić information content (AvgIpc) is 3.21. The smallest absolute Gasteiger partial charge is 0.231 e. The number of hydrogen-bond acceptors (Lipinski definition) is 4. The maximum atomic E-state index is 13.2. The maximum absolute atomic E-state index is 13.2. The number of carbonyl (C=O) groups is 1. The minimum atomic E-state index is -0.602. The molecule has 2 aromatic carbocycles. The third kappa shape index (κ3) is 3.84. The monoisotopic (exact) mass is 395 g/mol. The van der Waals surface area contributed by atoms with Crippen LogP contribution in [0.3, 0.4) is 0 Å². The van der Waals surface area contributed by atoms with Crippen LogP contribution in [-0.2, 0) is 20.4 Å². The number of amides is 1. The van der Waals surface area contributed by atoms with Gasteiger partial charge in [-0.3, -0.25) is 4.79 Å². The molecule has 0 spiro atoms. The number of benzene rings is 2. The fraction of sp³-hybridized carbons (Fsp3) is 0.458. The molecule has 2 heterocycles. The zero-order chi connectivity index (χ0) is 20.5. The summed E-state index contributed by atoms with van der Waals surface area (Å²) >= 11 is 0. The van der Waals surface area contributed by atoms with Gasteiger partial charge >= 0.3 is 0 Å². The van der Waals surface area contributed by atoms with Gasteiger partial charge in [0, 0.05) is 25.2 Å². The van der Waals surface area contributed by atoms with Gasteiger partial charge < -0.3 is 19.5 Å². The van der Waals surface area contributed by atoms with Crippen molar-refractivity contribution in [2.45, 2.75) is 44.4 Å². The molecule has 1 saturated heterocycles. The van der Waals surface area contributed by atoms with Crippen LogP contribution < -0.4 is 14.8 Å². The lowest BCUT2D eigenvalue weighted by Crippen LogP contribution is -2.48. The minimum absolute atomic E-state index is 0.0352. The van der Waals surface area contributed by atoms with E-state index in [0.29, 0.717) is 19.8 Å². The van der Waals surface area contributed by atoms with Crippen LogP contribution in [0.1, 0.15) is 43.4 Å². The summed E-state index contributed by atoms with van der Waals surface area (Å²) in [4.78, 5) is 13.2. The van der Waals surface area contributed by atoms with E-state index in [1.165, 1.54) is 11.1 Å². The predicted octanol–water partition coefficient (Wildman–Crippen LogP) is 3.87. The highest BCUT2D eigenvalue weighted by atomic mass is 16.7. The molecule has 5 heteroatoms. The second kappa shape index (κ2) is 7.71. The average molecular weight is 395 g/mol. The van der Waals surface area contributed by atoms with Crippen molar-refractivity contribution in [3.8, 4) is 11.5 Å². The number of nitrogens with one attached hydrogen (secondary N) is 1. The Kier molecular flexibility index (Phi) is 5.26. The normalized spacial score (nSPS) is 17.8. The number of aryl methyl sites for hydroxylation is 1. The van der Waals surface area contributed by atoms with Gasteiger partial charge in [-0.1, -0.05) is 35.9 Å². The van der Waals surface area contributed by atoms with E-state index in [1.54, 1.807) is 0 Å². The highest BCUT2D eigenvalue weighted by molar-refractivity contribution is 5.87. The highest BCUT2D eigenvalue weighted by Gasteiger charge is 2.38. The van der Waals surface area contributed by atoms with Gasteiger partial charge in [0.05, 0.1) is 5.41 Å². The zero-order valence-electron chi connectivity index (χ0n) is 17.4. The minimum Gasteiger partial charge on any atom is -0.454 e. The second-order valence-electron chi connectivity index (χ2n) is 8.63. The maximum Gasteiger partial charge on any atom is 0.231 e. The molecule has 2 aliphatic rings. The van der Waals surface area contributed by atoms with Gasteiger partial charge in [-0.25, -0.2) is 0 Å². The summed E-state index contributed by atoms with van der Waals surface area (Å²) in [5.41, 5.74) is 2.60. The van der Waals surface area contributed by atoms with E-state index in [1.807, 2.05) is 32.0 Å². The summed E-state index contributed by atoms with van der Waals surface area (Å²) in [6.07, 6.45) is 1.72. The number of carbonyl (C=O) groups excluding carboxylic acids is 1. The topological polar surface area (TPSA) is 56.8 Å². The predicted molar refractivity (Wildman–Crippen MR) is 112 cm³/mol. The molecule has 0 unspecified atom stereocenters. The number of hydrogen-bond donors (Lipinski definition) is 1. The van der Waals surface area contributed by atoms with Crippen LogP contribution in [0.15, 0.2) is 42.5 Å². The van der Waals surface area contributed by atoms with Crippen molar-refractivity contribution in [1.29, 1.82) is 0 Å². The Morgan fingerprint density at radius 1 is 1.03 bits per heavy atom. The molecule has 1 N–H and O–H groups in total. The summed E-state index contributed by atoms with van der Waals surface area (Å²) in [6, 6.07) is 14.3. The van der Waals surface area contributed by atoms with Crippen LogP contribution in [0.4, 0.5) is 0 Å². The molecule has 5 nitrogen and oxygen atoms in total. The first-order chi connectivity index (χ1) is 13.9. The largest absolute Gasteiger partial charge is 0.454 e. The van der Waals surface area contributed by atoms with E-state index in [4.69, 9.17) is 14.2 Å². The molecular formula is C24H29NO4. The third-order valence-corrected chi connectivity index (χ3v) is 6.36. The lowest BCUT2D eigenvalue weighted by Gasteiger charge is -2.39. The first-order valence-electron chi connectivity index (χ1n) is 10.2. The standard InChI is InChI=1S/C24H29NO4/c1-17-4-6-18(7-5-17)23(2,3)22(26)25-15-24(10-12-27-13-11-24)19-8-9-20-21(14-19)29-16-28-20/h4-9,14H,10-13,15-16H2,1-3H3,(H,25,26). The van der Waals surface area contributed by atoms with Gasteiger partial charge in [-0.05, 0) is 56.9 Å². The van der Waals surface area contributed by atoms with Crippen LogP contribution in [0, 0.1) is 6.92 Å². The van der Waals surface area contributed by atoms with Crippen LogP contribution in [-0.4, -0.2) is 32.5 Å². The molecule has 0 atom stereocenters. The van der Waals surface area contributed by atoms with E-state index >= 15 is 0 Å². The molecule has 29 heavy (non-hydrogen) atoms. The van der Waals surface area contributed by atoms with E-state index in [-0.39, 0.29) is 18.1 Å². The zero-order valence-corrected chi connectivity index (χ0v) is 17.4. The molecule has 154 valence electrons. The molecule has 1 amide bonds. The number of ether oxygens (including phenoxy) is 3. The Labute approximate surface area is 172 Å². The van der Waals surface area contributed by atoms with Gasteiger partial charge in [0.1, 0.15) is 0 Å². The van der Waals surface area contributed by atoms with Gasteiger partial charge in [-0.2, -0.15) is 0 Å². The summed E-state index contributed by atoms with van der Waals surface area (Å²) in [5, 5.41) is 3.25. The van der Waals surface area contributed by atoms with Crippen LogP contribution in [0.2, 0.25) is 0 Å². The lowest BCUT2D eigenvalue weighted by atomic mass is 9.73. The summed E-state index contributed by atoms with van der Waals surface area (Å²) < 4.78 is 16.7. The van der Waals surface area contributed by atoms with E-state index in [9.17, 15) is 4.79 Å². The Balaban J connectivity index is 1.54. The van der Waals surface area contributed by atoms with Crippen molar-refractivity contribution in [1.82, 2.24) is 5.32 Å². The molecule has 4 rings (SSSR count). The fourth-order valence-electron chi connectivity index (χ4n) is 4.13. The Morgan fingerprint density at radius 3 is 2.45 bits per heavy atom. The van der Waals surface area contributed by atoms with E-state index < -0.39 is 5.41 Å². The fourth-order valence-corrected chi connectivity index (χ4v) is 4.13. The first kappa shape index (κ1) is 19.8. The van der Waals surface area contributed by atoms with Crippen molar-refractivity contribution < 1.29 is 19.0 Å². The lowest BCUT2D eigenvalue weighted by molar-refractivity contribution is -0.126. The van der Waals surface area contributed by atoms with Crippen molar-refractivity contribution in [2.24, 2.45) is 0 Å². The Bertz CT molecular complexity index is 882. The Morgan fingerprint density at radius 2 is 1.72 bits per heavy atom. The summed E-state index contributed by atoms with van der Waals surface area (Å²) in [6.45, 7) is 8.21. The van der Waals surface area contributed by atoms with E-state index in [2.05, 4.69) is 36.5 Å².